The smallest absolute Gasteiger partial charge is 0.123 e. The normalized spacial score (nSPS) is 12.4. The summed E-state index contributed by atoms with van der Waals surface area (Å²) in [6.07, 6.45) is 1.49. The highest BCUT2D eigenvalue weighted by atomic mass is 19.1. The quantitative estimate of drug-likeness (QED) is 0.581. The lowest BCUT2D eigenvalue weighted by Crippen LogP contribution is -2.34. The van der Waals surface area contributed by atoms with Gasteiger partial charge >= 0.3 is 0 Å². The molecule has 0 spiro atoms. The molecular formula is C23H27FN2O2. The Hall–Kier alpha value is -2.47. The van der Waals surface area contributed by atoms with Gasteiger partial charge in [-0.05, 0) is 35.4 Å². The Balaban J connectivity index is 1.72. The number of benzene rings is 2. The van der Waals surface area contributed by atoms with Gasteiger partial charge in [-0.1, -0.05) is 42.5 Å². The number of rotatable bonds is 10. The first-order valence-corrected chi connectivity index (χ1v) is 9.46. The number of aliphatic hydroxyl groups excluding tert-OH is 1. The van der Waals surface area contributed by atoms with Crippen molar-refractivity contribution >= 4 is 0 Å². The molecule has 148 valence electrons. The molecule has 1 atom stereocenters. The van der Waals surface area contributed by atoms with Gasteiger partial charge in [0.25, 0.3) is 0 Å². The maximum atomic E-state index is 13.2. The van der Waals surface area contributed by atoms with E-state index in [0.29, 0.717) is 26.2 Å². The Morgan fingerprint density at radius 1 is 0.964 bits per heavy atom. The SMILES string of the molecule is COC[C@@H](O)CN(Cc1ccccc1)Cc1cccn1Cc1ccc(F)cc1. The molecule has 0 aliphatic heterocycles. The van der Waals surface area contributed by atoms with Crippen LogP contribution in [0, 0.1) is 5.82 Å². The molecule has 0 aliphatic carbocycles. The molecule has 1 aromatic heterocycles. The van der Waals surface area contributed by atoms with Gasteiger partial charge in [0, 0.05) is 45.2 Å². The largest absolute Gasteiger partial charge is 0.389 e. The molecule has 1 N–H and O–H groups in total. The third-order valence-electron chi connectivity index (χ3n) is 4.65. The van der Waals surface area contributed by atoms with Gasteiger partial charge in [-0.2, -0.15) is 0 Å². The van der Waals surface area contributed by atoms with Crippen molar-refractivity contribution in [2.75, 3.05) is 20.3 Å². The van der Waals surface area contributed by atoms with Crippen LogP contribution < -0.4 is 0 Å². The number of aromatic nitrogens is 1. The molecule has 4 nitrogen and oxygen atoms in total. The predicted molar refractivity (Wildman–Crippen MR) is 108 cm³/mol. The van der Waals surface area contributed by atoms with Crippen molar-refractivity contribution < 1.29 is 14.2 Å². The topological polar surface area (TPSA) is 37.6 Å². The van der Waals surface area contributed by atoms with Gasteiger partial charge in [0.15, 0.2) is 0 Å². The lowest BCUT2D eigenvalue weighted by atomic mass is 10.2. The minimum Gasteiger partial charge on any atom is -0.389 e. The summed E-state index contributed by atoms with van der Waals surface area (Å²) in [5, 5.41) is 10.2. The number of hydrogen-bond donors (Lipinski definition) is 1. The first kappa shape index (κ1) is 20.3. The molecule has 28 heavy (non-hydrogen) atoms. The van der Waals surface area contributed by atoms with Crippen LogP contribution in [0.5, 0.6) is 0 Å². The van der Waals surface area contributed by atoms with Crippen molar-refractivity contribution in [3.05, 3.63) is 95.6 Å². The zero-order valence-corrected chi connectivity index (χ0v) is 16.2. The maximum Gasteiger partial charge on any atom is 0.123 e. The Kier molecular flexibility index (Phi) is 7.37. The van der Waals surface area contributed by atoms with E-state index in [1.165, 1.54) is 17.7 Å². The molecule has 0 aliphatic rings. The van der Waals surface area contributed by atoms with Gasteiger partial charge in [0.05, 0.1) is 12.7 Å². The summed E-state index contributed by atoms with van der Waals surface area (Å²) in [6, 6.07) is 20.9. The van der Waals surface area contributed by atoms with Crippen LogP contribution in [-0.2, 0) is 24.4 Å². The number of halogens is 1. The van der Waals surface area contributed by atoms with Crippen molar-refractivity contribution in [3.63, 3.8) is 0 Å². The van der Waals surface area contributed by atoms with Crippen LogP contribution >= 0.6 is 0 Å². The van der Waals surface area contributed by atoms with Crippen LogP contribution in [0.1, 0.15) is 16.8 Å². The third kappa shape index (κ3) is 6.02. The maximum absolute atomic E-state index is 13.2. The van der Waals surface area contributed by atoms with Crippen molar-refractivity contribution in [2.24, 2.45) is 0 Å². The van der Waals surface area contributed by atoms with E-state index in [2.05, 4.69) is 27.7 Å². The van der Waals surface area contributed by atoms with E-state index < -0.39 is 6.10 Å². The summed E-state index contributed by atoms with van der Waals surface area (Å²) in [4.78, 5) is 2.22. The fourth-order valence-corrected chi connectivity index (χ4v) is 3.33. The summed E-state index contributed by atoms with van der Waals surface area (Å²) >= 11 is 0. The highest BCUT2D eigenvalue weighted by Crippen LogP contribution is 2.14. The molecule has 0 bridgehead atoms. The lowest BCUT2D eigenvalue weighted by molar-refractivity contribution is 0.0333. The average Bonchev–Trinajstić information content (AvgIpc) is 3.11. The van der Waals surface area contributed by atoms with Gasteiger partial charge in [0.2, 0.25) is 0 Å². The molecule has 2 aromatic carbocycles. The summed E-state index contributed by atoms with van der Waals surface area (Å²) in [7, 11) is 1.60. The van der Waals surface area contributed by atoms with Gasteiger partial charge in [-0.15, -0.1) is 0 Å². The van der Waals surface area contributed by atoms with Crippen molar-refractivity contribution in [1.82, 2.24) is 9.47 Å². The molecule has 5 heteroatoms. The number of aliphatic hydroxyl groups is 1. The van der Waals surface area contributed by atoms with Crippen LogP contribution in [0.25, 0.3) is 0 Å². The van der Waals surface area contributed by atoms with E-state index in [9.17, 15) is 9.50 Å². The second kappa shape index (κ2) is 10.2. The number of methoxy groups -OCH3 is 1. The molecule has 0 saturated carbocycles. The van der Waals surface area contributed by atoms with Gasteiger partial charge in [0.1, 0.15) is 5.82 Å². The van der Waals surface area contributed by atoms with Crippen LogP contribution in [0.15, 0.2) is 72.9 Å². The summed E-state index contributed by atoms with van der Waals surface area (Å²) in [6.45, 7) is 2.95. The Labute approximate surface area is 165 Å². The highest BCUT2D eigenvalue weighted by Gasteiger charge is 2.15. The minimum atomic E-state index is -0.547. The molecule has 3 aromatic rings. The van der Waals surface area contributed by atoms with Crippen LogP contribution in [-0.4, -0.2) is 40.9 Å². The van der Waals surface area contributed by atoms with Gasteiger partial charge in [-0.3, -0.25) is 4.90 Å². The van der Waals surface area contributed by atoms with Gasteiger partial charge in [-0.25, -0.2) is 4.39 Å². The second-order valence-corrected chi connectivity index (χ2v) is 7.02. The molecule has 0 radical (unpaired) electrons. The first-order valence-electron chi connectivity index (χ1n) is 9.46. The van der Waals surface area contributed by atoms with Crippen molar-refractivity contribution in [1.29, 1.82) is 0 Å². The van der Waals surface area contributed by atoms with E-state index in [-0.39, 0.29) is 5.82 Å². The van der Waals surface area contributed by atoms with E-state index in [4.69, 9.17) is 4.74 Å². The standard InChI is InChI=1S/C23H27FN2O2/c1-28-18-23(27)17-25(14-19-6-3-2-4-7-19)16-22-8-5-13-26(22)15-20-9-11-21(24)12-10-20/h2-13,23,27H,14-18H2,1H3/t23-/m0/s1. The molecule has 3 rings (SSSR count). The zero-order chi connectivity index (χ0) is 19.8. The van der Waals surface area contributed by atoms with E-state index in [1.807, 2.05) is 42.6 Å². The molecule has 0 amide bonds. The van der Waals surface area contributed by atoms with Crippen LogP contribution in [0.3, 0.4) is 0 Å². The third-order valence-corrected chi connectivity index (χ3v) is 4.65. The second-order valence-electron chi connectivity index (χ2n) is 7.02. The Morgan fingerprint density at radius 2 is 1.71 bits per heavy atom. The lowest BCUT2D eigenvalue weighted by Gasteiger charge is -2.25. The molecule has 1 heterocycles. The summed E-state index contributed by atoms with van der Waals surface area (Å²) in [5.41, 5.74) is 3.39. The Morgan fingerprint density at radius 3 is 2.43 bits per heavy atom. The highest BCUT2D eigenvalue weighted by molar-refractivity contribution is 5.19. The zero-order valence-electron chi connectivity index (χ0n) is 16.2. The fraction of sp³-hybridized carbons (Fsp3) is 0.304. The number of ether oxygens (including phenoxy) is 1. The van der Waals surface area contributed by atoms with Crippen molar-refractivity contribution in [3.8, 4) is 0 Å². The number of nitrogens with zero attached hydrogens (tertiary/aromatic N) is 2. The first-order chi connectivity index (χ1) is 13.6. The van der Waals surface area contributed by atoms with Crippen LogP contribution in [0.4, 0.5) is 4.39 Å². The van der Waals surface area contributed by atoms with Crippen LogP contribution in [0.2, 0.25) is 0 Å². The average molecular weight is 382 g/mol. The Bertz CT molecular complexity index is 833. The minimum absolute atomic E-state index is 0.224. The summed E-state index contributed by atoms with van der Waals surface area (Å²) in [5.74, 6) is -0.224. The summed E-state index contributed by atoms with van der Waals surface area (Å²) < 4.78 is 20.4. The molecular weight excluding hydrogens is 355 g/mol. The monoisotopic (exact) mass is 382 g/mol. The molecule has 0 unspecified atom stereocenters. The molecule has 0 saturated heterocycles. The number of hydrogen-bond acceptors (Lipinski definition) is 3. The fourth-order valence-electron chi connectivity index (χ4n) is 3.33. The predicted octanol–water partition coefficient (Wildman–Crippen LogP) is 3.69. The van der Waals surface area contributed by atoms with E-state index >= 15 is 0 Å². The van der Waals surface area contributed by atoms with E-state index in [1.54, 1.807) is 7.11 Å². The molecule has 0 fully saturated rings. The van der Waals surface area contributed by atoms with E-state index in [0.717, 1.165) is 17.8 Å². The van der Waals surface area contributed by atoms with Gasteiger partial charge < -0.3 is 14.4 Å². The van der Waals surface area contributed by atoms with Crippen molar-refractivity contribution in [2.45, 2.75) is 25.7 Å².